The first-order chi connectivity index (χ1) is 16.0. The van der Waals surface area contributed by atoms with Crippen molar-refractivity contribution >= 4 is 5.78 Å². The fourth-order valence-electron chi connectivity index (χ4n) is 3.71. The number of rotatable bonds is 8. The average molecular weight is 435 g/mol. The summed E-state index contributed by atoms with van der Waals surface area (Å²) < 4.78 is 11.6. The van der Waals surface area contributed by atoms with Gasteiger partial charge in [0, 0.05) is 16.5 Å². The smallest absolute Gasteiger partial charge is 0.193 e. The van der Waals surface area contributed by atoms with E-state index in [1.54, 1.807) is 30.3 Å². The topological polar surface area (TPSA) is 35.5 Å². The third kappa shape index (κ3) is 5.07. The quantitative estimate of drug-likeness (QED) is 0.279. The van der Waals surface area contributed by atoms with Gasteiger partial charge in [-0.25, -0.2) is 0 Å². The third-order valence-electron chi connectivity index (χ3n) is 5.73. The summed E-state index contributed by atoms with van der Waals surface area (Å²) >= 11 is 0. The highest BCUT2D eigenvalue weighted by molar-refractivity contribution is 6.08. The Morgan fingerprint density at radius 2 is 1.27 bits per heavy atom. The Labute approximate surface area is 195 Å². The van der Waals surface area contributed by atoms with Crippen LogP contribution in [-0.4, -0.2) is 12.4 Å². The van der Waals surface area contributed by atoms with Gasteiger partial charge in [-0.3, -0.25) is 4.79 Å². The number of carbonyl (C=O) groups is 1. The Kier molecular flexibility index (Phi) is 6.47. The largest absolute Gasteiger partial charge is 0.494 e. The maximum Gasteiger partial charge on any atom is 0.193 e. The molecular formula is C30H26O3. The van der Waals surface area contributed by atoms with Crippen molar-refractivity contribution in [2.75, 3.05) is 6.61 Å². The van der Waals surface area contributed by atoms with E-state index in [1.807, 2.05) is 43.3 Å². The fourth-order valence-corrected chi connectivity index (χ4v) is 3.71. The Morgan fingerprint density at radius 3 is 1.79 bits per heavy atom. The van der Waals surface area contributed by atoms with Crippen molar-refractivity contribution < 1.29 is 14.3 Å². The van der Waals surface area contributed by atoms with Gasteiger partial charge in [-0.2, -0.15) is 0 Å². The zero-order valence-electron chi connectivity index (χ0n) is 19.1. The molecule has 0 atom stereocenters. The van der Waals surface area contributed by atoms with Gasteiger partial charge in [0.15, 0.2) is 5.78 Å². The van der Waals surface area contributed by atoms with E-state index in [1.165, 1.54) is 11.1 Å². The molecule has 0 saturated heterocycles. The van der Waals surface area contributed by atoms with E-state index >= 15 is 0 Å². The molecule has 0 saturated carbocycles. The lowest BCUT2D eigenvalue weighted by molar-refractivity contribution is 0.103. The van der Waals surface area contributed by atoms with Crippen molar-refractivity contribution in [2.24, 2.45) is 0 Å². The summed E-state index contributed by atoms with van der Waals surface area (Å²) in [6, 6.07) is 34.2. The van der Waals surface area contributed by atoms with Gasteiger partial charge < -0.3 is 9.47 Å². The van der Waals surface area contributed by atoms with Gasteiger partial charge >= 0.3 is 0 Å². The molecule has 0 bridgehead atoms. The molecule has 0 N–H and O–H groups in total. The highest BCUT2D eigenvalue weighted by Crippen LogP contribution is 2.34. The van der Waals surface area contributed by atoms with Gasteiger partial charge in [-0.15, -0.1) is 0 Å². The molecule has 0 fully saturated rings. The van der Waals surface area contributed by atoms with E-state index in [-0.39, 0.29) is 11.2 Å². The standard InChI is InChI=1S/C30H26O3/c1-4-32-26-18-12-24(13-19-26)30(2,3)25-14-20-28(21-15-25)33-27-16-10-23(11-17-27)29(31)22-8-6-5-7-9-22/h6,8-21H,4H2,1-3H3. The Hall–Kier alpha value is -4.03. The van der Waals surface area contributed by atoms with Crippen LogP contribution in [0.3, 0.4) is 0 Å². The number of hydrogen-bond acceptors (Lipinski definition) is 3. The SMILES string of the molecule is CCOc1ccc(C(C)(C)c2ccc(Oc3ccc(C(=O)c4cc#ccc4)cc3)cc2)cc1. The first-order valence-electron chi connectivity index (χ1n) is 11.0. The normalized spacial score (nSPS) is 10.9. The number of ether oxygens (including phenoxy) is 2. The number of carbonyl (C=O) groups excluding carboxylic acids is 1. The maximum atomic E-state index is 12.5. The second-order valence-electron chi connectivity index (χ2n) is 8.28. The summed E-state index contributed by atoms with van der Waals surface area (Å²) in [7, 11) is 0. The second-order valence-corrected chi connectivity index (χ2v) is 8.28. The van der Waals surface area contributed by atoms with Crippen molar-refractivity contribution in [2.45, 2.75) is 26.2 Å². The van der Waals surface area contributed by atoms with Crippen molar-refractivity contribution in [3.05, 3.63) is 125 Å². The molecule has 0 aromatic heterocycles. The Bertz CT molecular complexity index is 1190. The Morgan fingerprint density at radius 1 is 0.727 bits per heavy atom. The molecule has 0 unspecified atom stereocenters. The number of hydrogen-bond donors (Lipinski definition) is 0. The summed E-state index contributed by atoms with van der Waals surface area (Å²) in [5, 5.41) is 0. The fraction of sp³-hybridized carbons (Fsp3) is 0.167. The van der Waals surface area contributed by atoms with Crippen LogP contribution >= 0.6 is 0 Å². The van der Waals surface area contributed by atoms with Crippen molar-refractivity contribution in [3.63, 3.8) is 0 Å². The van der Waals surface area contributed by atoms with Crippen LogP contribution < -0.4 is 9.47 Å². The van der Waals surface area contributed by atoms with E-state index in [0.29, 0.717) is 23.5 Å². The highest BCUT2D eigenvalue weighted by atomic mass is 16.5. The van der Waals surface area contributed by atoms with Crippen LogP contribution in [0, 0.1) is 12.1 Å². The molecule has 0 spiro atoms. The molecule has 3 nitrogen and oxygen atoms in total. The van der Waals surface area contributed by atoms with Crippen LogP contribution in [0.15, 0.2) is 91.0 Å². The molecule has 0 aliphatic rings. The number of benzene rings is 3. The maximum absolute atomic E-state index is 12.5. The van der Waals surface area contributed by atoms with Crippen molar-refractivity contribution in [3.8, 4) is 17.2 Å². The summed E-state index contributed by atoms with van der Waals surface area (Å²) in [6.45, 7) is 7.05. The predicted octanol–water partition coefficient (Wildman–Crippen LogP) is 7.03. The van der Waals surface area contributed by atoms with E-state index < -0.39 is 0 Å². The summed E-state index contributed by atoms with van der Waals surface area (Å²) in [5.41, 5.74) is 3.45. The van der Waals surface area contributed by atoms with Gasteiger partial charge in [0.25, 0.3) is 0 Å². The lowest BCUT2D eigenvalue weighted by Gasteiger charge is -2.26. The Balaban J connectivity index is 1.44. The summed E-state index contributed by atoms with van der Waals surface area (Å²) in [6.07, 6.45) is 0. The van der Waals surface area contributed by atoms with Crippen LogP contribution in [0.5, 0.6) is 17.2 Å². The van der Waals surface area contributed by atoms with Gasteiger partial charge in [0.05, 0.1) is 6.61 Å². The summed E-state index contributed by atoms with van der Waals surface area (Å²) in [4.78, 5) is 12.5. The first kappa shape index (κ1) is 22.2. The highest BCUT2D eigenvalue weighted by Gasteiger charge is 2.23. The van der Waals surface area contributed by atoms with E-state index in [2.05, 4.69) is 50.2 Å². The monoisotopic (exact) mass is 434 g/mol. The van der Waals surface area contributed by atoms with Gasteiger partial charge in [-0.05, 0) is 84.8 Å². The lowest BCUT2D eigenvalue weighted by Crippen LogP contribution is -2.18. The molecule has 0 aliphatic carbocycles. The first-order valence-corrected chi connectivity index (χ1v) is 11.0. The van der Waals surface area contributed by atoms with E-state index in [9.17, 15) is 4.79 Å². The minimum atomic E-state index is -0.155. The minimum absolute atomic E-state index is 0.0485. The second kappa shape index (κ2) is 9.63. The third-order valence-corrected chi connectivity index (χ3v) is 5.73. The predicted molar refractivity (Wildman–Crippen MR) is 130 cm³/mol. The van der Waals surface area contributed by atoms with Gasteiger partial charge in [0.1, 0.15) is 17.2 Å². The van der Waals surface area contributed by atoms with Gasteiger partial charge in [0.2, 0.25) is 0 Å². The molecule has 164 valence electrons. The van der Waals surface area contributed by atoms with Crippen LogP contribution in [0.2, 0.25) is 0 Å². The molecule has 4 aromatic carbocycles. The van der Waals surface area contributed by atoms with E-state index in [4.69, 9.17) is 9.47 Å². The van der Waals surface area contributed by atoms with Crippen LogP contribution in [-0.2, 0) is 5.41 Å². The molecule has 0 aliphatic heterocycles. The van der Waals surface area contributed by atoms with Gasteiger partial charge in [-0.1, -0.05) is 50.2 Å². The van der Waals surface area contributed by atoms with Crippen LogP contribution in [0.25, 0.3) is 0 Å². The minimum Gasteiger partial charge on any atom is -0.494 e. The zero-order valence-corrected chi connectivity index (χ0v) is 19.1. The zero-order chi connectivity index (χ0) is 23.3. The lowest BCUT2D eigenvalue weighted by atomic mass is 9.78. The van der Waals surface area contributed by atoms with Crippen molar-refractivity contribution in [1.82, 2.24) is 0 Å². The average Bonchev–Trinajstić information content (AvgIpc) is 2.85. The van der Waals surface area contributed by atoms with Crippen molar-refractivity contribution in [1.29, 1.82) is 0 Å². The molecule has 0 amide bonds. The molecule has 0 radical (unpaired) electrons. The van der Waals surface area contributed by atoms with Crippen LogP contribution in [0.1, 0.15) is 47.8 Å². The molecular weight excluding hydrogens is 408 g/mol. The van der Waals surface area contributed by atoms with E-state index in [0.717, 1.165) is 11.5 Å². The number of ketones is 1. The van der Waals surface area contributed by atoms with Crippen LogP contribution in [0.4, 0.5) is 0 Å². The summed E-state index contributed by atoms with van der Waals surface area (Å²) in [5.74, 6) is 2.26. The molecule has 33 heavy (non-hydrogen) atoms. The molecule has 4 rings (SSSR count). The molecule has 4 aromatic rings. The molecule has 0 heterocycles. The molecule has 3 heteroatoms.